The third kappa shape index (κ3) is 3.85. The molecule has 4 aromatic rings. The van der Waals surface area contributed by atoms with Gasteiger partial charge in [-0.25, -0.2) is 9.48 Å². The lowest BCUT2D eigenvalue weighted by Gasteiger charge is -2.25. The molecule has 33 heavy (non-hydrogen) atoms. The second-order valence-corrected chi connectivity index (χ2v) is 7.98. The van der Waals surface area contributed by atoms with Crippen LogP contribution in [-0.4, -0.2) is 25.1 Å². The molecule has 0 spiro atoms. The molecule has 2 atom stereocenters. The Morgan fingerprint density at radius 2 is 1.15 bits per heavy atom. The van der Waals surface area contributed by atoms with E-state index in [2.05, 4.69) is 101 Å². The molecule has 0 N–H and O–H groups in total. The molecule has 0 aromatic heterocycles. The maximum Gasteiger partial charge on any atom is 0.246 e. The first-order valence-corrected chi connectivity index (χ1v) is 11.1. The SMILES string of the molecule is COc1ccccc1N1C=[N+](c2ccccc2OC)[C@@H](c2ccccc2)[C@@H]1c1ccccc1. The molecular weight excluding hydrogens is 408 g/mol. The van der Waals surface area contributed by atoms with Gasteiger partial charge in [-0.2, -0.15) is 0 Å². The van der Waals surface area contributed by atoms with E-state index in [4.69, 9.17) is 9.47 Å². The van der Waals surface area contributed by atoms with Crippen molar-refractivity contribution in [3.8, 4) is 11.5 Å². The summed E-state index contributed by atoms with van der Waals surface area (Å²) in [5.74, 6) is 1.67. The lowest BCUT2D eigenvalue weighted by Crippen LogP contribution is -2.26. The number of hydrogen-bond acceptors (Lipinski definition) is 3. The van der Waals surface area contributed by atoms with Crippen LogP contribution in [0, 0.1) is 0 Å². The number of ether oxygens (including phenoxy) is 2. The molecule has 0 fully saturated rings. The van der Waals surface area contributed by atoms with Gasteiger partial charge in [0.05, 0.1) is 14.2 Å². The Labute approximate surface area is 195 Å². The van der Waals surface area contributed by atoms with Gasteiger partial charge in [0.15, 0.2) is 35.0 Å². The number of nitrogens with zero attached hydrogens (tertiary/aromatic N) is 2. The smallest absolute Gasteiger partial charge is 0.246 e. The lowest BCUT2D eigenvalue weighted by molar-refractivity contribution is -0.482. The maximum atomic E-state index is 5.76. The Morgan fingerprint density at radius 3 is 1.82 bits per heavy atom. The van der Waals surface area contributed by atoms with Crippen LogP contribution in [0.3, 0.4) is 0 Å². The highest BCUT2D eigenvalue weighted by Gasteiger charge is 2.47. The zero-order chi connectivity index (χ0) is 22.6. The molecule has 0 unspecified atom stereocenters. The molecule has 164 valence electrons. The zero-order valence-electron chi connectivity index (χ0n) is 18.8. The van der Waals surface area contributed by atoms with Gasteiger partial charge >= 0.3 is 0 Å². The summed E-state index contributed by atoms with van der Waals surface area (Å²) in [5, 5.41) is 0. The van der Waals surface area contributed by atoms with Crippen LogP contribution in [0.1, 0.15) is 23.2 Å². The molecule has 4 aromatic carbocycles. The molecule has 0 bridgehead atoms. The van der Waals surface area contributed by atoms with Gasteiger partial charge in [0.2, 0.25) is 6.34 Å². The van der Waals surface area contributed by atoms with Crippen molar-refractivity contribution in [2.45, 2.75) is 12.1 Å². The molecule has 5 rings (SSSR count). The van der Waals surface area contributed by atoms with Crippen LogP contribution < -0.4 is 14.4 Å². The lowest BCUT2D eigenvalue weighted by atomic mass is 9.92. The second-order valence-electron chi connectivity index (χ2n) is 7.98. The van der Waals surface area contributed by atoms with Gasteiger partial charge in [-0.1, -0.05) is 84.9 Å². The average molecular weight is 436 g/mol. The molecule has 4 nitrogen and oxygen atoms in total. The van der Waals surface area contributed by atoms with Crippen molar-refractivity contribution in [2.24, 2.45) is 0 Å². The minimum absolute atomic E-state index is 0.0230. The Kier molecular flexibility index (Phi) is 5.81. The van der Waals surface area contributed by atoms with E-state index in [-0.39, 0.29) is 12.1 Å². The number of hydrogen-bond donors (Lipinski definition) is 0. The van der Waals surface area contributed by atoms with E-state index in [1.165, 1.54) is 11.1 Å². The summed E-state index contributed by atoms with van der Waals surface area (Å²) in [4.78, 5) is 2.32. The van der Waals surface area contributed by atoms with E-state index < -0.39 is 0 Å². The summed E-state index contributed by atoms with van der Waals surface area (Å²) in [6.07, 6.45) is 2.19. The van der Waals surface area contributed by atoms with Crippen LogP contribution >= 0.6 is 0 Å². The average Bonchev–Trinajstić information content (AvgIpc) is 3.30. The minimum atomic E-state index is 0.0230. The Bertz CT molecular complexity index is 1250. The fraction of sp³-hybridized carbons (Fsp3) is 0.138. The molecule has 1 heterocycles. The van der Waals surface area contributed by atoms with Crippen LogP contribution in [0.4, 0.5) is 11.4 Å². The first-order valence-electron chi connectivity index (χ1n) is 11.1. The second kappa shape index (κ2) is 9.21. The van der Waals surface area contributed by atoms with Crippen molar-refractivity contribution < 1.29 is 14.0 Å². The summed E-state index contributed by atoms with van der Waals surface area (Å²) >= 11 is 0. The van der Waals surface area contributed by atoms with Crippen LogP contribution in [0.2, 0.25) is 0 Å². The van der Waals surface area contributed by atoms with Gasteiger partial charge in [0, 0.05) is 11.1 Å². The van der Waals surface area contributed by atoms with E-state index in [9.17, 15) is 0 Å². The maximum absolute atomic E-state index is 5.76. The van der Waals surface area contributed by atoms with Gasteiger partial charge in [-0.15, -0.1) is 0 Å². The number of benzene rings is 4. The quantitative estimate of drug-likeness (QED) is 0.329. The number of methoxy groups -OCH3 is 2. The normalized spacial score (nSPS) is 17.5. The Morgan fingerprint density at radius 1 is 0.606 bits per heavy atom. The van der Waals surface area contributed by atoms with E-state index in [0.717, 1.165) is 22.9 Å². The molecule has 0 amide bonds. The van der Waals surface area contributed by atoms with Crippen molar-refractivity contribution in [1.29, 1.82) is 0 Å². The Balaban J connectivity index is 1.77. The van der Waals surface area contributed by atoms with Crippen molar-refractivity contribution in [3.05, 3.63) is 120 Å². The van der Waals surface area contributed by atoms with Crippen molar-refractivity contribution in [3.63, 3.8) is 0 Å². The number of rotatable bonds is 6. The minimum Gasteiger partial charge on any atom is -0.492 e. The predicted octanol–water partition coefficient (Wildman–Crippen LogP) is 6.38. The molecular formula is C29H27N2O2+. The predicted molar refractivity (Wildman–Crippen MR) is 133 cm³/mol. The van der Waals surface area contributed by atoms with E-state index in [1.54, 1.807) is 14.2 Å². The van der Waals surface area contributed by atoms with E-state index in [1.807, 2.05) is 24.3 Å². The van der Waals surface area contributed by atoms with Gasteiger partial charge in [0.25, 0.3) is 0 Å². The highest BCUT2D eigenvalue weighted by molar-refractivity contribution is 5.83. The van der Waals surface area contributed by atoms with Crippen LogP contribution in [0.25, 0.3) is 0 Å². The van der Waals surface area contributed by atoms with E-state index >= 15 is 0 Å². The van der Waals surface area contributed by atoms with Gasteiger partial charge in [-0.05, 0) is 24.3 Å². The molecule has 4 heteroatoms. The summed E-state index contributed by atoms with van der Waals surface area (Å²) < 4.78 is 13.8. The largest absolute Gasteiger partial charge is 0.492 e. The molecule has 0 radical (unpaired) electrons. The van der Waals surface area contributed by atoms with Gasteiger partial charge in [0.1, 0.15) is 0 Å². The number of para-hydroxylation sites is 4. The Hall–Kier alpha value is -4.05. The van der Waals surface area contributed by atoms with Crippen molar-refractivity contribution >= 4 is 17.7 Å². The highest BCUT2D eigenvalue weighted by Crippen LogP contribution is 2.48. The first kappa shape index (κ1) is 20.8. The number of anilines is 1. The fourth-order valence-electron chi connectivity index (χ4n) is 4.68. The van der Waals surface area contributed by atoms with Gasteiger partial charge in [-0.3, -0.25) is 0 Å². The molecule has 1 aliphatic rings. The summed E-state index contributed by atoms with van der Waals surface area (Å²) in [5.41, 5.74) is 4.50. The topological polar surface area (TPSA) is 24.7 Å². The van der Waals surface area contributed by atoms with Crippen LogP contribution in [0.15, 0.2) is 109 Å². The van der Waals surface area contributed by atoms with Crippen LogP contribution in [-0.2, 0) is 0 Å². The monoisotopic (exact) mass is 435 g/mol. The molecule has 1 aliphatic heterocycles. The van der Waals surface area contributed by atoms with E-state index in [0.29, 0.717) is 0 Å². The summed E-state index contributed by atoms with van der Waals surface area (Å²) in [6, 6.07) is 37.7. The zero-order valence-corrected chi connectivity index (χ0v) is 18.8. The van der Waals surface area contributed by atoms with Crippen molar-refractivity contribution in [1.82, 2.24) is 0 Å². The summed E-state index contributed by atoms with van der Waals surface area (Å²) in [6.45, 7) is 0. The highest BCUT2D eigenvalue weighted by atomic mass is 16.5. The molecule has 0 saturated heterocycles. The van der Waals surface area contributed by atoms with Crippen LogP contribution in [0.5, 0.6) is 11.5 Å². The third-order valence-corrected chi connectivity index (χ3v) is 6.16. The summed E-state index contributed by atoms with van der Waals surface area (Å²) in [7, 11) is 3.44. The molecule has 0 saturated carbocycles. The first-order chi connectivity index (χ1) is 16.3. The van der Waals surface area contributed by atoms with Gasteiger partial charge < -0.3 is 9.47 Å². The molecule has 0 aliphatic carbocycles. The standard InChI is InChI=1S/C29H27N2O2/c1-32-26-19-11-9-17-24(26)30-21-31(25-18-10-12-20-27(25)33-2)29(23-15-7-4-8-16-23)28(30)22-13-5-3-6-14-22/h3-21,28-29H,1-2H3/q+1/t28-,29-/m0/s1. The fourth-order valence-corrected chi connectivity index (χ4v) is 4.68. The third-order valence-electron chi connectivity index (χ3n) is 6.16. The van der Waals surface area contributed by atoms with Crippen molar-refractivity contribution in [2.75, 3.05) is 19.1 Å².